The number of rotatable bonds is 6. The Morgan fingerprint density at radius 1 is 1.21 bits per heavy atom. The predicted octanol–water partition coefficient (Wildman–Crippen LogP) is -2.13. The second-order valence-electron chi connectivity index (χ2n) is 3.18. The molecule has 0 heterocycles. The minimum Gasteiger partial charge on any atom is -0.748 e. The fourth-order valence-electron chi connectivity index (χ4n) is 1.30. The van der Waals surface area contributed by atoms with Crippen LogP contribution in [-0.4, -0.2) is 29.4 Å². The van der Waals surface area contributed by atoms with Gasteiger partial charge in [0.25, 0.3) is 0 Å². The van der Waals surface area contributed by atoms with Gasteiger partial charge in [0.2, 0.25) is 0 Å². The van der Waals surface area contributed by atoms with Crippen molar-refractivity contribution in [1.82, 2.24) is 0 Å². The van der Waals surface area contributed by atoms with Crippen LogP contribution in [0.5, 0.6) is 0 Å². The molecule has 0 saturated carbocycles. The normalized spacial score (nSPS) is 15.7. The zero-order valence-corrected chi connectivity index (χ0v) is 11.9. The molecular formula is C8H17NaO4S. The van der Waals surface area contributed by atoms with Crippen molar-refractivity contribution < 1.29 is 47.6 Å². The van der Waals surface area contributed by atoms with Crippen molar-refractivity contribution in [2.45, 2.75) is 50.9 Å². The molecule has 1 N–H and O–H groups in total. The van der Waals surface area contributed by atoms with E-state index >= 15 is 0 Å². The van der Waals surface area contributed by atoms with E-state index in [1.807, 2.05) is 6.92 Å². The van der Waals surface area contributed by atoms with Gasteiger partial charge in [0.1, 0.15) is 10.1 Å². The topological polar surface area (TPSA) is 77.4 Å². The molecule has 0 saturated heterocycles. The van der Waals surface area contributed by atoms with Crippen LogP contribution in [0.2, 0.25) is 0 Å². The quantitative estimate of drug-likeness (QED) is 0.419. The molecule has 0 unspecified atom stereocenters. The van der Waals surface area contributed by atoms with Crippen LogP contribution in [0, 0.1) is 0 Å². The molecule has 0 aliphatic heterocycles. The molecule has 0 fully saturated rings. The maximum Gasteiger partial charge on any atom is 1.00 e. The van der Waals surface area contributed by atoms with Crippen LogP contribution in [0.25, 0.3) is 0 Å². The van der Waals surface area contributed by atoms with Crippen LogP contribution in [0.4, 0.5) is 0 Å². The summed E-state index contributed by atoms with van der Waals surface area (Å²) in [6.45, 7) is 3.63. The summed E-state index contributed by atoms with van der Waals surface area (Å²) >= 11 is 0. The first kappa shape index (κ1) is 17.3. The zero-order chi connectivity index (χ0) is 10.5. The van der Waals surface area contributed by atoms with E-state index in [1.54, 1.807) is 6.92 Å². The maximum absolute atomic E-state index is 10.7. The Hall–Kier alpha value is 0.870. The summed E-state index contributed by atoms with van der Waals surface area (Å²) in [5.41, 5.74) is 0. The summed E-state index contributed by atoms with van der Waals surface area (Å²) in [7, 11) is -4.35. The van der Waals surface area contributed by atoms with Crippen LogP contribution >= 0.6 is 0 Å². The number of aliphatic hydroxyl groups excluding tert-OH is 1. The van der Waals surface area contributed by atoms with Crippen molar-refractivity contribution in [2.24, 2.45) is 0 Å². The van der Waals surface area contributed by atoms with E-state index in [0.717, 1.165) is 0 Å². The van der Waals surface area contributed by atoms with Crippen molar-refractivity contribution in [2.75, 3.05) is 0 Å². The summed E-state index contributed by atoms with van der Waals surface area (Å²) in [6, 6.07) is 0. The van der Waals surface area contributed by atoms with Gasteiger partial charge in [-0.1, -0.05) is 26.7 Å². The molecule has 2 atom stereocenters. The second-order valence-corrected chi connectivity index (χ2v) is 4.77. The fourth-order valence-corrected chi connectivity index (χ4v) is 2.34. The van der Waals surface area contributed by atoms with Gasteiger partial charge in [0, 0.05) is 0 Å². The van der Waals surface area contributed by atoms with Gasteiger partial charge in [-0.15, -0.1) is 0 Å². The SMILES string of the molecule is CCC[C@@H](O)[C@@H](CCC)S(=O)(=O)[O-].[Na+]. The minimum atomic E-state index is -4.35. The van der Waals surface area contributed by atoms with Gasteiger partial charge in [-0.05, 0) is 12.8 Å². The van der Waals surface area contributed by atoms with Gasteiger partial charge < -0.3 is 9.66 Å². The van der Waals surface area contributed by atoms with Gasteiger partial charge in [0.05, 0.1) is 11.4 Å². The van der Waals surface area contributed by atoms with Crippen molar-refractivity contribution >= 4 is 10.1 Å². The van der Waals surface area contributed by atoms with Crippen molar-refractivity contribution in [1.29, 1.82) is 0 Å². The van der Waals surface area contributed by atoms with Gasteiger partial charge in [-0.3, -0.25) is 0 Å². The van der Waals surface area contributed by atoms with E-state index in [2.05, 4.69) is 0 Å². The van der Waals surface area contributed by atoms with Crippen LogP contribution in [0.1, 0.15) is 39.5 Å². The molecule has 0 aromatic carbocycles. The Balaban J connectivity index is 0. The molecule has 80 valence electrons. The molecule has 0 spiro atoms. The van der Waals surface area contributed by atoms with Gasteiger partial charge in [-0.25, -0.2) is 8.42 Å². The molecule has 0 aliphatic carbocycles. The first-order valence-electron chi connectivity index (χ1n) is 4.56. The molecule has 0 rings (SSSR count). The number of hydrogen-bond acceptors (Lipinski definition) is 4. The largest absolute Gasteiger partial charge is 1.00 e. The molecule has 0 radical (unpaired) electrons. The van der Waals surface area contributed by atoms with Crippen molar-refractivity contribution in [3.63, 3.8) is 0 Å². The van der Waals surface area contributed by atoms with Crippen LogP contribution < -0.4 is 29.6 Å². The third kappa shape index (κ3) is 6.37. The Labute approximate surface area is 108 Å². The Kier molecular flexibility index (Phi) is 9.96. The first-order valence-corrected chi connectivity index (χ1v) is 6.03. The fraction of sp³-hybridized carbons (Fsp3) is 1.00. The summed E-state index contributed by atoms with van der Waals surface area (Å²) in [5.74, 6) is 0. The molecule has 6 heteroatoms. The van der Waals surface area contributed by atoms with Crippen molar-refractivity contribution in [3.05, 3.63) is 0 Å². The summed E-state index contributed by atoms with van der Waals surface area (Å²) in [5, 5.41) is 8.27. The minimum absolute atomic E-state index is 0. The third-order valence-corrected chi connectivity index (χ3v) is 3.25. The first-order chi connectivity index (χ1) is 5.93. The molecule has 0 aliphatic rings. The van der Waals surface area contributed by atoms with Gasteiger partial charge >= 0.3 is 29.6 Å². The Morgan fingerprint density at radius 3 is 1.93 bits per heavy atom. The molecule has 4 nitrogen and oxygen atoms in total. The van der Waals surface area contributed by atoms with Gasteiger partial charge in [-0.2, -0.15) is 0 Å². The monoisotopic (exact) mass is 232 g/mol. The molecule has 0 bridgehead atoms. The summed E-state index contributed by atoms with van der Waals surface area (Å²) in [4.78, 5) is 0. The van der Waals surface area contributed by atoms with Crippen molar-refractivity contribution in [3.8, 4) is 0 Å². The number of hydrogen-bond donors (Lipinski definition) is 1. The van der Waals surface area contributed by atoms with Gasteiger partial charge in [0.15, 0.2) is 0 Å². The molecule has 0 amide bonds. The summed E-state index contributed by atoms with van der Waals surface area (Å²) in [6.07, 6.45) is 0.871. The molecule has 14 heavy (non-hydrogen) atoms. The van der Waals surface area contributed by atoms with Crippen LogP contribution in [0.3, 0.4) is 0 Å². The average Bonchev–Trinajstić information content (AvgIpc) is 1.98. The molecule has 0 aromatic rings. The second kappa shape index (κ2) is 8.07. The van der Waals surface area contributed by atoms with E-state index in [9.17, 15) is 18.1 Å². The average molecular weight is 232 g/mol. The van der Waals surface area contributed by atoms with Crippen LogP contribution in [0.15, 0.2) is 0 Å². The van der Waals surface area contributed by atoms with Crippen LogP contribution in [-0.2, 0) is 10.1 Å². The predicted molar refractivity (Wildman–Crippen MR) is 49.3 cm³/mol. The molecule has 0 aromatic heterocycles. The Bertz CT molecular complexity index is 227. The van der Waals surface area contributed by atoms with E-state index < -0.39 is 21.5 Å². The van der Waals surface area contributed by atoms with E-state index in [1.165, 1.54) is 0 Å². The van der Waals surface area contributed by atoms with E-state index in [-0.39, 0.29) is 36.0 Å². The van der Waals surface area contributed by atoms with E-state index in [4.69, 9.17) is 0 Å². The Morgan fingerprint density at radius 2 is 1.64 bits per heavy atom. The molecular weight excluding hydrogens is 215 g/mol. The maximum atomic E-state index is 10.7. The standard InChI is InChI=1S/C8H18O4S.Na/c1-3-5-7(9)8(6-4-2)13(10,11)12;/h7-9H,3-6H2,1-2H3,(H,10,11,12);/q;+1/p-1/t7-,8-;/m1./s1. The zero-order valence-electron chi connectivity index (χ0n) is 9.06. The third-order valence-electron chi connectivity index (χ3n) is 1.96. The smallest absolute Gasteiger partial charge is 0.748 e. The van der Waals surface area contributed by atoms with E-state index in [0.29, 0.717) is 19.3 Å². The number of aliphatic hydroxyl groups is 1. The summed E-state index contributed by atoms with van der Waals surface area (Å²) < 4.78 is 32.2.